The molecule has 4 aromatic heterocycles. The number of aromatic hydroxyl groups is 2. The van der Waals surface area contributed by atoms with Gasteiger partial charge in [-0.2, -0.15) is 0 Å². The van der Waals surface area contributed by atoms with Gasteiger partial charge in [0.25, 0.3) is 0 Å². The van der Waals surface area contributed by atoms with Crippen LogP contribution < -0.4 is 91.2 Å². The fourth-order valence-electron chi connectivity index (χ4n) is 17.5. The number of benzene rings is 7. The van der Waals surface area contributed by atoms with Gasteiger partial charge in [0.1, 0.15) is 96.1 Å². The largest absolute Gasteiger partial charge is 0.508 e. The number of phenolic OH excluding ortho intramolecular Hbond substituents is 2. The fourth-order valence-corrected chi connectivity index (χ4v) is 17.5. The second kappa shape index (κ2) is 50.9. The summed E-state index contributed by atoms with van der Waals surface area (Å²) in [6, 6.07) is 23.2. The highest BCUT2D eigenvalue weighted by molar-refractivity contribution is 6.04. The number of carbonyl (C=O) groups is 19. The standard InChI is InChI=1S/C103H115N23O23/c1-54-102(147)126-35-15-26-83(126)100(145)123-81(46-86(132)110-51-87(133)114-79(44-84(104)130)97(142)119-77(41-61-48-108-70-24-13-10-21-67(61)70)96(141)121-78(43-63-50-106-53-112-63)90(135)111-52-88(134)125-89(55(2)127)101(146)113-54)99(144)120-76(40-60-47-107-69-23-12-9-20-66(60)69)95(140)117-72(36-56-16-5-3-6-17-56)91(136)115-73(37-57-18-7-4-8-19-57)93(138)122-80(45-85(105)131)98(143)118-74(38-58-27-31-64(128)32-28-58)92(137)116-75(39-59-29-33-65(129)34-30-59)94(139)124-82(103(148)149)42-62-49-109-71-25-14-11-22-68(62)71/h3-14,16-25,27-34,47-50,53-55,72-83,89,107-109,127-129H,15,26,35-46,51-52H2,1-2H3,(H2,104,130)(H2,105,131)(H,106,112)(H,110,132)(H,111,135)(H,113,146)(H,114,133)(H,115,136)(H,116,137)(H,117,140)(H,118,143)(H,119,142)(H,120,144)(H,121,141)(H,122,138)(H,123,145)(H,124,139)(H,125,134)(H,148,149)/t54-,55+,72+,73-,74-,75+,76-,77-,78-,79-,80+,81+,82-,83-,89-/m1/s1. The molecule has 46 nitrogen and oxygen atoms in total. The van der Waals surface area contributed by atoms with Crippen LogP contribution >= 0.6 is 0 Å². The molecule has 6 heterocycles. The van der Waals surface area contributed by atoms with E-state index < -0.39 is 255 Å². The first-order chi connectivity index (χ1) is 71.4. The SMILES string of the molecule is C[C@H](O)[C@H]1NC(=O)CNC(=O)[C@@H](Cc2cnc[nH]2)NC(=O)[C@@H](Cc2c[nH]c3ccccc23)NC(=O)[C@@H](CC(N)=O)NC(=O)CNC(=O)C[C@@H](C(=O)N[C@H](Cc2c[nH]c3ccccc23)C(=O)N[C@@H](Cc2ccccc2)C(=O)N[C@H](Cc2ccccc2)C(=O)N[C@@H](CC(N)=O)C(=O)N[C@H](Cc2ccc(O)cc2)C(=O)N[C@@H](Cc2ccc(O)cc2)C(=O)N[C@H](Cc2c[nH]c3ccccc23)C(=O)O)NC(=O)[C@H]2CCCN2C(=O)[C@@H](C)NC1=O. The van der Waals surface area contributed by atoms with Crippen molar-refractivity contribution in [1.82, 2.24) is 110 Å². The Kier molecular flexibility index (Phi) is 36.9. The van der Waals surface area contributed by atoms with Gasteiger partial charge >= 0.3 is 5.97 Å². The van der Waals surface area contributed by atoms with Crippen molar-refractivity contribution in [1.29, 1.82) is 0 Å². The van der Waals surface area contributed by atoms with Gasteiger partial charge in [0.2, 0.25) is 106 Å². The van der Waals surface area contributed by atoms with Gasteiger partial charge in [-0.05, 0) is 108 Å². The summed E-state index contributed by atoms with van der Waals surface area (Å²) < 4.78 is 0. The summed E-state index contributed by atoms with van der Waals surface area (Å²) in [5.41, 5.74) is 16.4. The fraction of sp³-hybridized carbons (Fsp3) is 0.320. The van der Waals surface area contributed by atoms with E-state index in [1.807, 2.05) is 0 Å². The van der Waals surface area contributed by atoms with Crippen molar-refractivity contribution in [3.63, 3.8) is 0 Å². The minimum Gasteiger partial charge on any atom is -0.508 e. The number of aliphatic hydroxyl groups is 1. The second-order valence-electron chi connectivity index (χ2n) is 36.4. The molecule has 2 aliphatic heterocycles. The molecule has 0 saturated carbocycles. The number of rotatable bonds is 36. The van der Waals surface area contributed by atoms with E-state index in [0.717, 1.165) is 11.8 Å². The third-order valence-corrected chi connectivity index (χ3v) is 25.3. The molecular formula is C103H115N23O23. The summed E-state index contributed by atoms with van der Waals surface area (Å²) in [5, 5.41) is 81.7. The van der Waals surface area contributed by atoms with Crippen LogP contribution in [0.4, 0.5) is 0 Å². The van der Waals surface area contributed by atoms with Gasteiger partial charge in [0.05, 0.1) is 44.8 Å². The van der Waals surface area contributed by atoms with Crippen LogP contribution in [0.2, 0.25) is 0 Å². The Bertz CT molecular complexity index is 6740. The monoisotopic (exact) mass is 2040 g/mol. The van der Waals surface area contributed by atoms with Crippen molar-refractivity contribution in [3.05, 3.63) is 258 Å². The quantitative estimate of drug-likeness (QED) is 0.0196. The summed E-state index contributed by atoms with van der Waals surface area (Å²) in [7, 11) is 0. The van der Waals surface area contributed by atoms with E-state index in [9.17, 15) is 78.0 Å². The van der Waals surface area contributed by atoms with Gasteiger partial charge in [-0.1, -0.05) is 140 Å². The number of para-hydroxylation sites is 3. The maximum Gasteiger partial charge on any atom is 0.326 e. The molecule has 27 N–H and O–H groups in total. The average Bonchev–Trinajstić information content (AvgIpc) is 1.70. The van der Waals surface area contributed by atoms with E-state index >= 15 is 33.6 Å². The van der Waals surface area contributed by atoms with Crippen LogP contribution in [0.15, 0.2) is 213 Å². The Balaban J connectivity index is 0.784. The van der Waals surface area contributed by atoms with Crippen LogP contribution in [-0.2, 0) is 142 Å². The van der Waals surface area contributed by atoms with Crippen LogP contribution in [0.25, 0.3) is 32.7 Å². The van der Waals surface area contributed by atoms with Gasteiger partial charge in [-0.25, -0.2) is 9.78 Å². The smallest absolute Gasteiger partial charge is 0.326 e. The number of carboxylic acid groups (broad SMARTS) is 1. The lowest BCUT2D eigenvalue weighted by molar-refractivity contribution is -0.143. The molecule has 7 aromatic carbocycles. The highest BCUT2D eigenvalue weighted by atomic mass is 16.4. The normalized spacial score (nSPS) is 19.1. The van der Waals surface area contributed by atoms with Gasteiger partial charge in [0.15, 0.2) is 0 Å². The Morgan fingerprint density at radius 3 is 1.32 bits per heavy atom. The van der Waals surface area contributed by atoms with E-state index in [1.54, 1.807) is 146 Å². The number of nitrogens with two attached hydrogens (primary N) is 2. The first-order valence-electron chi connectivity index (χ1n) is 47.9. The number of H-pyrrole nitrogens is 4. The van der Waals surface area contributed by atoms with E-state index in [-0.39, 0.29) is 63.0 Å². The predicted octanol–water partition coefficient (Wildman–Crippen LogP) is -2.33. The number of primary amides is 2. The van der Waals surface area contributed by atoms with Crippen molar-refractivity contribution in [3.8, 4) is 11.5 Å². The molecule has 2 aliphatic rings. The molecule has 2 saturated heterocycles. The third-order valence-electron chi connectivity index (χ3n) is 25.3. The van der Waals surface area contributed by atoms with E-state index in [2.05, 4.69) is 105 Å². The van der Waals surface area contributed by atoms with Crippen LogP contribution in [0, 0.1) is 0 Å². The van der Waals surface area contributed by atoms with Gasteiger partial charge < -0.3 is 136 Å². The number of nitrogens with zero attached hydrogens (tertiary/aromatic N) is 2. The number of aromatic amines is 4. The minimum absolute atomic E-state index is 0.115. The van der Waals surface area contributed by atoms with Gasteiger partial charge in [0, 0.05) is 121 Å². The predicted molar refractivity (Wildman–Crippen MR) is 535 cm³/mol. The van der Waals surface area contributed by atoms with Crippen molar-refractivity contribution in [2.75, 3.05) is 19.6 Å². The molecule has 0 spiro atoms. The zero-order valence-electron chi connectivity index (χ0n) is 80.8. The van der Waals surface area contributed by atoms with E-state index in [0.29, 0.717) is 77.3 Å². The number of aliphatic hydroxyl groups excluding tert-OH is 1. The number of phenols is 2. The Hall–Kier alpha value is -18.1. The number of aromatic nitrogens is 5. The van der Waals surface area contributed by atoms with Crippen molar-refractivity contribution in [2.45, 2.75) is 188 Å². The number of amides is 18. The van der Waals surface area contributed by atoms with Crippen LogP contribution in [-0.4, -0.2) is 273 Å². The van der Waals surface area contributed by atoms with Crippen LogP contribution in [0.1, 0.15) is 90.6 Å². The Morgan fingerprint density at radius 1 is 0.423 bits per heavy atom. The summed E-state index contributed by atoms with van der Waals surface area (Å²) in [5.74, 6) is -21.9. The first-order valence-corrected chi connectivity index (χ1v) is 47.9. The zero-order valence-corrected chi connectivity index (χ0v) is 80.8. The molecule has 149 heavy (non-hydrogen) atoms. The molecule has 0 aliphatic carbocycles. The summed E-state index contributed by atoms with van der Waals surface area (Å²) >= 11 is 0. The van der Waals surface area contributed by atoms with Gasteiger partial charge in [-0.3, -0.25) is 86.3 Å². The van der Waals surface area contributed by atoms with E-state index in [4.69, 9.17) is 11.5 Å². The van der Waals surface area contributed by atoms with Crippen molar-refractivity contribution < 1.29 is 112 Å². The molecule has 2 fully saturated rings. The molecule has 780 valence electrons. The lowest BCUT2D eigenvalue weighted by Crippen LogP contribution is -2.62. The Morgan fingerprint density at radius 2 is 0.846 bits per heavy atom. The third kappa shape index (κ3) is 30.3. The number of aliphatic carboxylic acids is 1. The van der Waals surface area contributed by atoms with E-state index in [1.165, 1.54) is 74.2 Å². The molecule has 0 radical (unpaired) electrons. The molecule has 15 atom stereocenters. The molecule has 0 bridgehead atoms. The van der Waals surface area contributed by atoms with Crippen molar-refractivity contribution >= 4 is 145 Å². The number of hydrogen-bond donors (Lipinski definition) is 25. The lowest BCUT2D eigenvalue weighted by atomic mass is 10.00. The lowest BCUT2D eigenvalue weighted by Gasteiger charge is -2.30. The van der Waals surface area contributed by atoms with Crippen LogP contribution in [0.5, 0.6) is 11.5 Å². The maximum absolute atomic E-state index is 15.9. The number of carboxylic acids is 1. The number of fused-ring (bicyclic) bond motifs is 4. The Labute approximate surface area is 850 Å². The van der Waals surface area contributed by atoms with Crippen molar-refractivity contribution in [2.24, 2.45) is 11.5 Å². The number of hydrogen-bond acceptors (Lipinski definition) is 23. The molecule has 46 heteroatoms. The summed E-state index contributed by atoms with van der Waals surface area (Å²) in [4.78, 5) is 294. The molecule has 13 rings (SSSR count). The molecular weight excluding hydrogens is 1930 g/mol. The summed E-state index contributed by atoms with van der Waals surface area (Å²) in [6.07, 6.45) is -0.277. The molecule has 11 aromatic rings. The minimum atomic E-state index is -2.11. The number of nitrogens with one attached hydrogen (secondary N) is 19. The second-order valence-corrected chi connectivity index (χ2v) is 36.4. The highest BCUT2D eigenvalue weighted by Crippen LogP contribution is 2.27. The molecule has 0 unspecified atom stereocenters. The average molecular weight is 2040 g/mol. The summed E-state index contributed by atoms with van der Waals surface area (Å²) in [6.45, 7) is 0.273. The van der Waals surface area contributed by atoms with Gasteiger partial charge in [-0.15, -0.1) is 0 Å². The molecule has 18 amide bonds. The number of imidazole rings is 1. The number of carbonyl (C=O) groups excluding carboxylic acids is 18. The maximum atomic E-state index is 15.9. The van der Waals surface area contributed by atoms with Crippen LogP contribution in [0.3, 0.4) is 0 Å². The zero-order chi connectivity index (χ0) is 107. The first kappa shape index (κ1) is 108. The topological polar surface area (TPSA) is 717 Å². The highest BCUT2D eigenvalue weighted by Gasteiger charge is 2.43.